The average Bonchev–Trinajstić information content (AvgIpc) is 2.16. The van der Waals surface area contributed by atoms with Gasteiger partial charge in [-0.1, -0.05) is 18.2 Å². The fourth-order valence-corrected chi connectivity index (χ4v) is 1.47. The molecule has 0 fully saturated rings. The summed E-state index contributed by atoms with van der Waals surface area (Å²) >= 11 is 0. The molecule has 0 aliphatic heterocycles. The molecule has 2 N–H and O–H groups in total. The topological polar surface area (TPSA) is 56.2 Å². The zero-order valence-corrected chi connectivity index (χ0v) is 7.86. The molecule has 0 bridgehead atoms. The van der Waals surface area contributed by atoms with Gasteiger partial charge in [0.1, 0.15) is 5.58 Å². The predicted octanol–water partition coefficient (Wildman–Crippen LogP) is 1.81. The van der Waals surface area contributed by atoms with Crippen LogP contribution in [0.5, 0.6) is 0 Å². The number of nitrogens with two attached hydrogens (primary N) is 1. The molecule has 1 atom stereocenters. The lowest BCUT2D eigenvalue weighted by molar-refractivity contribution is 0.553. The highest BCUT2D eigenvalue weighted by Crippen LogP contribution is 2.21. The predicted molar refractivity (Wildman–Crippen MR) is 55.1 cm³/mol. The van der Waals surface area contributed by atoms with Gasteiger partial charge in [-0.3, -0.25) is 0 Å². The Morgan fingerprint density at radius 2 is 2.07 bits per heavy atom. The normalized spacial score (nSPS) is 13.0. The van der Waals surface area contributed by atoms with Gasteiger partial charge in [0.2, 0.25) is 0 Å². The minimum absolute atomic E-state index is 0.135. The third-order valence-corrected chi connectivity index (χ3v) is 2.17. The first kappa shape index (κ1) is 8.97. The van der Waals surface area contributed by atoms with Crippen molar-refractivity contribution in [3.63, 3.8) is 0 Å². The SMILES string of the molecule is CC(N)c1cccc2ccc(=O)oc12. The Labute approximate surface area is 81.1 Å². The highest BCUT2D eigenvalue weighted by atomic mass is 16.4. The van der Waals surface area contributed by atoms with Crippen LogP contribution in [-0.2, 0) is 0 Å². The van der Waals surface area contributed by atoms with E-state index < -0.39 is 0 Å². The lowest BCUT2D eigenvalue weighted by Crippen LogP contribution is -2.06. The van der Waals surface area contributed by atoms with E-state index in [1.54, 1.807) is 6.07 Å². The Morgan fingerprint density at radius 3 is 2.79 bits per heavy atom. The smallest absolute Gasteiger partial charge is 0.336 e. The molecule has 3 nitrogen and oxygen atoms in total. The van der Waals surface area contributed by atoms with Crippen LogP contribution in [0.2, 0.25) is 0 Å². The Bertz CT molecular complexity index is 514. The summed E-state index contributed by atoms with van der Waals surface area (Å²) in [6.07, 6.45) is 0. The molecule has 1 unspecified atom stereocenters. The molecule has 1 aromatic carbocycles. The number of para-hydroxylation sites is 1. The number of rotatable bonds is 1. The van der Waals surface area contributed by atoms with E-state index in [0.29, 0.717) is 5.58 Å². The van der Waals surface area contributed by atoms with Gasteiger partial charge in [-0.2, -0.15) is 0 Å². The fourth-order valence-electron chi connectivity index (χ4n) is 1.47. The van der Waals surface area contributed by atoms with E-state index in [4.69, 9.17) is 10.2 Å². The van der Waals surface area contributed by atoms with Gasteiger partial charge in [0.05, 0.1) is 0 Å². The van der Waals surface area contributed by atoms with Crippen molar-refractivity contribution in [1.29, 1.82) is 0 Å². The van der Waals surface area contributed by atoms with Crippen molar-refractivity contribution in [3.05, 3.63) is 46.3 Å². The summed E-state index contributed by atoms with van der Waals surface area (Å²) < 4.78 is 5.12. The van der Waals surface area contributed by atoms with Gasteiger partial charge >= 0.3 is 5.63 Å². The second-order valence-electron chi connectivity index (χ2n) is 3.31. The summed E-state index contributed by atoms with van der Waals surface area (Å²) in [7, 11) is 0. The van der Waals surface area contributed by atoms with Gasteiger partial charge in [0.25, 0.3) is 0 Å². The molecule has 14 heavy (non-hydrogen) atoms. The summed E-state index contributed by atoms with van der Waals surface area (Å²) in [5, 5.41) is 0.902. The molecule has 2 rings (SSSR count). The molecule has 72 valence electrons. The summed E-state index contributed by atoms with van der Waals surface area (Å²) in [5.41, 5.74) is 6.88. The lowest BCUT2D eigenvalue weighted by Gasteiger charge is -2.07. The molecule has 0 aliphatic carbocycles. The van der Waals surface area contributed by atoms with Crippen molar-refractivity contribution in [2.45, 2.75) is 13.0 Å². The molecule has 0 saturated carbocycles. The second kappa shape index (κ2) is 3.27. The van der Waals surface area contributed by atoms with Crippen molar-refractivity contribution in [3.8, 4) is 0 Å². The zero-order valence-electron chi connectivity index (χ0n) is 7.86. The van der Waals surface area contributed by atoms with Crippen molar-refractivity contribution < 1.29 is 4.42 Å². The van der Waals surface area contributed by atoms with Crippen molar-refractivity contribution in [2.24, 2.45) is 5.73 Å². The van der Waals surface area contributed by atoms with E-state index >= 15 is 0 Å². The Kier molecular flexibility index (Phi) is 2.09. The van der Waals surface area contributed by atoms with E-state index in [2.05, 4.69) is 0 Å². The molecule has 3 heteroatoms. The molecule has 1 heterocycles. The van der Waals surface area contributed by atoms with E-state index in [0.717, 1.165) is 10.9 Å². The van der Waals surface area contributed by atoms with Crippen LogP contribution >= 0.6 is 0 Å². The first-order chi connectivity index (χ1) is 6.68. The van der Waals surface area contributed by atoms with Crippen LogP contribution in [0.15, 0.2) is 39.5 Å². The van der Waals surface area contributed by atoms with Gasteiger partial charge in [0.15, 0.2) is 0 Å². The van der Waals surface area contributed by atoms with Gasteiger partial charge in [-0.25, -0.2) is 4.79 Å². The van der Waals surface area contributed by atoms with Crippen molar-refractivity contribution in [2.75, 3.05) is 0 Å². The highest BCUT2D eigenvalue weighted by molar-refractivity contribution is 5.79. The standard InChI is InChI=1S/C11H11NO2/c1-7(12)9-4-2-3-8-5-6-10(13)14-11(8)9/h2-7H,12H2,1H3. The molecule has 0 aliphatic rings. The summed E-state index contributed by atoms with van der Waals surface area (Å²) in [6.45, 7) is 1.86. The molecule has 0 radical (unpaired) electrons. The maximum atomic E-state index is 11.1. The van der Waals surface area contributed by atoms with Gasteiger partial charge < -0.3 is 10.2 Å². The molecular formula is C11H11NO2. The Balaban J connectivity index is 2.84. The molecule has 2 aromatic rings. The van der Waals surface area contributed by atoms with Crippen LogP contribution in [0.3, 0.4) is 0 Å². The largest absolute Gasteiger partial charge is 0.422 e. The lowest BCUT2D eigenvalue weighted by atomic mass is 10.1. The highest BCUT2D eigenvalue weighted by Gasteiger charge is 2.06. The zero-order chi connectivity index (χ0) is 10.1. The second-order valence-corrected chi connectivity index (χ2v) is 3.31. The van der Waals surface area contributed by atoms with Gasteiger partial charge in [-0.15, -0.1) is 0 Å². The molecule has 0 spiro atoms. The van der Waals surface area contributed by atoms with Crippen LogP contribution in [0.25, 0.3) is 11.0 Å². The molecule has 0 saturated heterocycles. The van der Waals surface area contributed by atoms with Crippen LogP contribution in [0.4, 0.5) is 0 Å². The monoisotopic (exact) mass is 189 g/mol. The Hall–Kier alpha value is -1.61. The Morgan fingerprint density at radius 1 is 1.29 bits per heavy atom. The van der Waals surface area contributed by atoms with Crippen LogP contribution in [0.1, 0.15) is 18.5 Å². The van der Waals surface area contributed by atoms with Crippen LogP contribution < -0.4 is 11.4 Å². The summed E-state index contributed by atoms with van der Waals surface area (Å²) in [5.74, 6) is 0. The third kappa shape index (κ3) is 1.42. The average molecular weight is 189 g/mol. The minimum Gasteiger partial charge on any atom is -0.422 e. The quantitative estimate of drug-likeness (QED) is 0.696. The van der Waals surface area contributed by atoms with Crippen molar-refractivity contribution in [1.82, 2.24) is 0 Å². The first-order valence-electron chi connectivity index (χ1n) is 4.47. The minimum atomic E-state index is -0.342. The van der Waals surface area contributed by atoms with Gasteiger partial charge in [0, 0.05) is 23.1 Å². The van der Waals surface area contributed by atoms with E-state index in [1.165, 1.54) is 6.07 Å². The van der Waals surface area contributed by atoms with E-state index in [9.17, 15) is 4.79 Å². The number of fused-ring (bicyclic) bond motifs is 1. The van der Waals surface area contributed by atoms with Crippen molar-refractivity contribution >= 4 is 11.0 Å². The maximum Gasteiger partial charge on any atom is 0.336 e. The first-order valence-corrected chi connectivity index (χ1v) is 4.47. The molecule has 0 amide bonds. The number of hydrogen-bond donors (Lipinski definition) is 1. The fraction of sp³-hybridized carbons (Fsp3) is 0.182. The van der Waals surface area contributed by atoms with E-state index in [-0.39, 0.29) is 11.7 Å². The maximum absolute atomic E-state index is 11.1. The summed E-state index contributed by atoms with van der Waals surface area (Å²) in [6, 6.07) is 8.69. The van der Waals surface area contributed by atoms with Gasteiger partial charge in [-0.05, 0) is 13.0 Å². The number of benzene rings is 1. The summed E-state index contributed by atoms with van der Waals surface area (Å²) in [4.78, 5) is 11.1. The third-order valence-electron chi connectivity index (χ3n) is 2.17. The van der Waals surface area contributed by atoms with Crippen LogP contribution in [-0.4, -0.2) is 0 Å². The van der Waals surface area contributed by atoms with E-state index in [1.807, 2.05) is 25.1 Å². The number of hydrogen-bond acceptors (Lipinski definition) is 3. The van der Waals surface area contributed by atoms with Crippen LogP contribution in [0, 0.1) is 0 Å². The molecular weight excluding hydrogens is 178 g/mol. The molecule has 1 aromatic heterocycles.